The Morgan fingerprint density at radius 3 is 2.39 bits per heavy atom. The Bertz CT molecular complexity index is 464. The Balaban J connectivity index is 1.82. The van der Waals surface area contributed by atoms with Crippen molar-refractivity contribution in [3.63, 3.8) is 0 Å². The molecule has 1 aromatic rings. The number of halogens is 2. The zero-order valence-corrected chi connectivity index (χ0v) is 11.6. The van der Waals surface area contributed by atoms with E-state index in [-0.39, 0.29) is 5.75 Å². The second-order valence-electron chi connectivity index (χ2n) is 5.32. The summed E-state index contributed by atoms with van der Waals surface area (Å²) in [5.41, 5.74) is 1.17. The molecule has 0 unspecified atom stereocenters. The fourth-order valence-electron chi connectivity index (χ4n) is 2.87. The summed E-state index contributed by atoms with van der Waals surface area (Å²) in [4.78, 5) is 2.15. The third-order valence-electron chi connectivity index (χ3n) is 4.19. The van der Waals surface area contributed by atoms with Gasteiger partial charge in [0.25, 0.3) is 0 Å². The fourth-order valence-corrected chi connectivity index (χ4v) is 3.30. The van der Waals surface area contributed by atoms with Crippen molar-refractivity contribution >= 4 is 28.9 Å². The molecule has 2 saturated heterocycles. The minimum atomic E-state index is 0.215. The summed E-state index contributed by atoms with van der Waals surface area (Å²) in [6.45, 7) is 4.09. The van der Waals surface area contributed by atoms with E-state index in [1.54, 1.807) is 12.1 Å². The molecular formula is C13H16Cl2N2O. The molecule has 3 nitrogen and oxygen atoms in total. The van der Waals surface area contributed by atoms with Crippen molar-refractivity contribution in [3.8, 4) is 5.75 Å². The molecule has 1 spiro atoms. The number of hydrogen-bond acceptors (Lipinski definition) is 3. The van der Waals surface area contributed by atoms with E-state index in [4.69, 9.17) is 23.2 Å². The quantitative estimate of drug-likeness (QED) is 0.833. The third-order valence-corrected chi connectivity index (χ3v) is 4.98. The van der Waals surface area contributed by atoms with Gasteiger partial charge in [0.1, 0.15) is 5.75 Å². The fraction of sp³-hybridized carbons (Fsp3) is 0.538. The average Bonchev–Trinajstić information content (AvgIpc) is 2.33. The number of phenols is 1. The van der Waals surface area contributed by atoms with Gasteiger partial charge in [-0.05, 0) is 30.4 Å². The van der Waals surface area contributed by atoms with Gasteiger partial charge in [-0.2, -0.15) is 0 Å². The van der Waals surface area contributed by atoms with Crippen LogP contribution in [0.15, 0.2) is 12.1 Å². The number of anilines is 1. The topological polar surface area (TPSA) is 35.5 Å². The van der Waals surface area contributed by atoms with Crippen LogP contribution in [0.1, 0.15) is 12.8 Å². The molecule has 2 N–H and O–H groups in total. The average molecular weight is 287 g/mol. The van der Waals surface area contributed by atoms with E-state index in [0.29, 0.717) is 21.1 Å². The molecule has 3 rings (SSSR count). The van der Waals surface area contributed by atoms with Gasteiger partial charge in [0.15, 0.2) is 0 Å². The number of nitrogens with one attached hydrogen (secondary N) is 1. The SMILES string of the molecule is Oc1ccc(Cl)c(Cl)c1N1CCC2(CC1)CNC2. The van der Waals surface area contributed by atoms with E-state index < -0.39 is 0 Å². The van der Waals surface area contributed by atoms with Crippen LogP contribution >= 0.6 is 23.2 Å². The van der Waals surface area contributed by atoms with Gasteiger partial charge in [-0.3, -0.25) is 0 Å². The molecule has 98 valence electrons. The van der Waals surface area contributed by atoms with Crippen molar-refractivity contribution in [3.05, 3.63) is 22.2 Å². The number of phenolic OH excluding ortho intramolecular Hbond substituents is 1. The Labute approximate surface area is 117 Å². The van der Waals surface area contributed by atoms with Gasteiger partial charge >= 0.3 is 0 Å². The number of aromatic hydroxyl groups is 1. The lowest BCUT2D eigenvalue weighted by Crippen LogP contribution is -2.58. The molecule has 18 heavy (non-hydrogen) atoms. The van der Waals surface area contributed by atoms with Gasteiger partial charge < -0.3 is 15.3 Å². The van der Waals surface area contributed by atoms with Gasteiger partial charge in [-0.15, -0.1) is 0 Å². The molecule has 1 aromatic carbocycles. The lowest BCUT2D eigenvalue weighted by molar-refractivity contribution is 0.126. The second-order valence-corrected chi connectivity index (χ2v) is 6.10. The molecule has 5 heteroatoms. The standard InChI is InChI=1S/C13H16Cl2N2O/c14-9-1-2-10(18)12(11(9)15)17-5-3-13(4-6-17)7-16-8-13/h1-2,16,18H,3-8H2. The molecule has 0 radical (unpaired) electrons. The summed E-state index contributed by atoms with van der Waals surface area (Å²) >= 11 is 12.2. The molecule has 0 atom stereocenters. The molecule has 2 heterocycles. The molecule has 2 aliphatic heterocycles. The Morgan fingerprint density at radius 2 is 1.83 bits per heavy atom. The van der Waals surface area contributed by atoms with Crippen molar-refractivity contribution in [2.24, 2.45) is 5.41 Å². The molecule has 0 amide bonds. The lowest BCUT2D eigenvalue weighted by atomic mass is 9.73. The minimum Gasteiger partial charge on any atom is -0.506 e. The Morgan fingerprint density at radius 1 is 1.17 bits per heavy atom. The first kappa shape index (κ1) is 12.4. The molecule has 0 saturated carbocycles. The van der Waals surface area contributed by atoms with Crippen LogP contribution in [0.4, 0.5) is 5.69 Å². The van der Waals surface area contributed by atoms with E-state index in [1.807, 2.05) is 0 Å². The van der Waals surface area contributed by atoms with E-state index >= 15 is 0 Å². The van der Waals surface area contributed by atoms with E-state index in [1.165, 1.54) is 0 Å². The second kappa shape index (κ2) is 4.48. The first-order valence-corrected chi connectivity index (χ1v) is 7.00. The highest BCUT2D eigenvalue weighted by molar-refractivity contribution is 6.44. The van der Waals surface area contributed by atoms with Crippen LogP contribution < -0.4 is 10.2 Å². The monoisotopic (exact) mass is 286 g/mol. The molecule has 0 aliphatic carbocycles. The van der Waals surface area contributed by atoms with Crippen LogP contribution in [-0.4, -0.2) is 31.3 Å². The first-order valence-electron chi connectivity index (χ1n) is 6.24. The smallest absolute Gasteiger partial charge is 0.140 e. The maximum absolute atomic E-state index is 9.97. The van der Waals surface area contributed by atoms with Gasteiger partial charge in [-0.25, -0.2) is 0 Å². The Kier molecular flexibility index (Phi) is 3.08. The van der Waals surface area contributed by atoms with Crippen LogP contribution in [0.3, 0.4) is 0 Å². The normalized spacial score (nSPS) is 22.0. The maximum atomic E-state index is 9.97. The molecular weight excluding hydrogens is 271 g/mol. The third kappa shape index (κ3) is 1.94. The van der Waals surface area contributed by atoms with Gasteiger partial charge in [0.2, 0.25) is 0 Å². The van der Waals surface area contributed by atoms with Crippen LogP contribution in [0, 0.1) is 5.41 Å². The zero-order chi connectivity index (χ0) is 12.8. The summed E-state index contributed by atoms with van der Waals surface area (Å²) in [7, 11) is 0. The predicted molar refractivity (Wildman–Crippen MR) is 74.9 cm³/mol. The molecule has 2 fully saturated rings. The maximum Gasteiger partial charge on any atom is 0.140 e. The Hall–Kier alpha value is -0.640. The summed E-state index contributed by atoms with van der Waals surface area (Å²) in [5.74, 6) is 0.215. The largest absolute Gasteiger partial charge is 0.506 e. The molecule has 2 aliphatic rings. The highest BCUT2D eigenvalue weighted by atomic mass is 35.5. The predicted octanol–water partition coefficient (Wildman–Crippen LogP) is 2.89. The van der Waals surface area contributed by atoms with Crippen LogP contribution in [-0.2, 0) is 0 Å². The highest BCUT2D eigenvalue weighted by Crippen LogP contribution is 2.43. The zero-order valence-electron chi connectivity index (χ0n) is 10.0. The van der Waals surface area contributed by atoms with Gasteiger partial charge in [0.05, 0.1) is 15.7 Å². The summed E-state index contributed by atoms with van der Waals surface area (Å²) in [6, 6.07) is 3.24. The van der Waals surface area contributed by atoms with Crippen LogP contribution in [0.5, 0.6) is 5.75 Å². The van der Waals surface area contributed by atoms with Gasteiger partial charge in [0, 0.05) is 26.2 Å². The van der Waals surface area contributed by atoms with Crippen molar-refractivity contribution in [1.29, 1.82) is 0 Å². The molecule has 0 bridgehead atoms. The van der Waals surface area contributed by atoms with Crippen LogP contribution in [0.2, 0.25) is 10.0 Å². The summed E-state index contributed by atoms with van der Waals surface area (Å²) in [5, 5.41) is 14.3. The first-order chi connectivity index (χ1) is 8.61. The van der Waals surface area contributed by atoms with Crippen LogP contribution in [0.25, 0.3) is 0 Å². The number of rotatable bonds is 1. The van der Waals surface area contributed by atoms with Crippen molar-refractivity contribution in [2.75, 3.05) is 31.1 Å². The summed E-state index contributed by atoms with van der Waals surface area (Å²) < 4.78 is 0. The van der Waals surface area contributed by atoms with E-state index in [2.05, 4.69) is 10.2 Å². The lowest BCUT2D eigenvalue weighted by Gasteiger charge is -2.49. The van der Waals surface area contributed by atoms with E-state index in [9.17, 15) is 5.11 Å². The minimum absolute atomic E-state index is 0.215. The number of piperidine rings is 1. The highest BCUT2D eigenvalue weighted by Gasteiger charge is 2.40. The van der Waals surface area contributed by atoms with Crippen molar-refractivity contribution in [1.82, 2.24) is 5.32 Å². The van der Waals surface area contributed by atoms with Gasteiger partial charge in [-0.1, -0.05) is 23.2 Å². The summed E-state index contributed by atoms with van der Waals surface area (Å²) in [6.07, 6.45) is 2.28. The number of hydrogen-bond donors (Lipinski definition) is 2. The number of benzene rings is 1. The van der Waals surface area contributed by atoms with Crippen molar-refractivity contribution < 1.29 is 5.11 Å². The van der Waals surface area contributed by atoms with Crippen molar-refractivity contribution in [2.45, 2.75) is 12.8 Å². The number of nitrogens with zero attached hydrogens (tertiary/aromatic N) is 1. The molecule has 0 aromatic heterocycles. The van der Waals surface area contributed by atoms with E-state index in [0.717, 1.165) is 39.0 Å².